The highest BCUT2D eigenvalue weighted by Crippen LogP contribution is 2.25. The molecule has 1 heterocycles. The van der Waals surface area contributed by atoms with Gasteiger partial charge in [0, 0.05) is 18.6 Å². The Hall–Kier alpha value is -0.860. The van der Waals surface area contributed by atoms with Crippen molar-refractivity contribution in [2.24, 2.45) is 5.73 Å². The molecule has 0 saturated carbocycles. The van der Waals surface area contributed by atoms with Crippen LogP contribution >= 0.6 is 0 Å². The van der Waals surface area contributed by atoms with Gasteiger partial charge in [0.15, 0.2) is 0 Å². The lowest BCUT2D eigenvalue weighted by Gasteiger charge is -2.27. The number of hydrogen-bond donors (Lipinski definition) is 1. The van der Waals surface area contributed by atoms with Crippen LogP contribution in [-0.2, 0) is 5.41 Å². The Morgan fingerprint density at radius 2 is 1.90 bits per heavy atom. The fourth-order valence-corrected chi connectivity index (χ4v) is 3.19. The standard InChI is InChI=1S/C18H30N2/c1-5-16-7-6-12-20(16)13-17(19)14-8-10-15(11-9-14)18(2,3)4/h8-11,16-17H,5-7,12-13,19H2,1-4H3. The van der Waals surface area contributed by atoms with Gasteiger partial charge in [-0.1, -0.05) is 52.0 Å². The summed E-state index contributed by atoms with van der Waals surface area (Å²) in [6.07, 6.45) is 3.91. The molecule has 0 amide bonds. The Labute approximate surface area is 124 Å². The average Bonchev–Trinajstić information content (AvgIpc) is 2.85. The van der Waals surface area contributed by atoms with Crippen molar-refractivity contribution in [3.8, 4) is 0 Å². The largest absolute Gasteiger partial charge is 0.323 e. The molecular formula is C18H30N2. The zero-order valence-electron chi connectivity index (χ0n) is 13.5. The summed E-state index contributed by atoms with van der Waals surface area (Å²) in [6.45, 7) is 11.2. The fourth-order valence-electron chi connectivity index (χ4n) is 3.19. The Kier molecular flexibility index (Phi) is 4.87. The molecule has 2 unspecified atom stereocenters. The van der Waals surface area contributed by atoms with Crippen LogP contribution in [-0.4, -0.2) is 24.0 Å². The highest BCUT2D eigenvalue weighted by atomic mass is 15.2. The molecule has 0 aliphatic carbocycles. The van der Waals surface area contributed by atoms with Crippen LogP contribution < -0.4 is 5.73 Å². The average molecular weight is 274 g/mol. The van der Waals surface area contributed by atoms with Crippen molar-refractivity contribution < 1.29 is 0 Å². The van der Waals surface area contributed by atoms with E-state index in [-0.39, 0.29) is 11.5 Å². The Bertz CT molecular complexity index is 416. The monoisotopic (exact) mass is 274 g/mol. The minimum Gasteiger partial charge on any atom is -0.323 e. The van der Waals surface area contributed by atoms with E-state index in [9.17, 15) is 0 Å². The van der Waals surface area contributed by atoms with Crippen LogP contribution in [0.2, 0.25) is 0 Å². The van der Waals surface area contributed by atoms with Gasteiger partial charge < -0.3 is 5.73 Å². The van der Waals surface area contributed by atoms with Gasteiger partial charge in [0.2, 0.25) is 0 Å². The number of likely N-dealkylation sites (tertiary alicyclic amines) is 1. The van der Waals surface area contributed by atoms with Crippen LogP contribution in [0, 0.1) is 0 Å². The molecule has 2 atom stereocenters. The summed E-state index contributed by atoms with van der Waals surface area (Å²) in [5.41, 5.74) is 9.26. The van der Waals surface area contributed by atoms with Crippen LogP contribution in [0.15, 0.2) is 24.3 Å². The van der Waals surface area contributed by atoms with E-state index in [4.69, 9.17) is 5.73 Å². The second kappa shape index (κ2) is 6.28. The van der Waals surface area contributed by atoms with E-state index in [1.54, 1.807) is 0 Å². The molecule has 1 aliphatic heterocycles. The van der Waals surface area contributed by atoms with E-state index < -0.39 is 0 Å². The smallest absolute Gasteiger partial charge is 0.0424 e. The Morgan fingerprint density at radius 1 is 1.25 bits per heavy atom. The predicted molar refractivity (Wildman–Crippen MR) is 87.0 cm³/mol. The molecule has 1 aromatic carbocycles. The molecule has 1 fully saturated rings. The van der Waals surface area contributed by atoms with Gasteiger partial charge in [-0.05, 0) is 42.3 Å². The minimum atomic E-state index is 0.135. The topological polar surface area (TPSA) is 29.3 Å². The molecule has 0 aromatic heterocycles. The second-order valence-electron chi connectivity index (χ2n) is 7.18. The SMILES string of the molecule is CCC1CCCN1CC(N)c1ccc(C(C)(C)C)cc1. The molecule has 0 radical (unpaired) electrons. The van der Waals surface area contributed by atoms with E-state index in [0.717, 1.165) is 12.6 Å². The number of rotatable bonds is 4. The quantitative estimate of drug-likeness (QED) is 0.903. The number of hydrogen-bond acceptors (Lipinski definition) is 2. The Balaban J connectivity index is 2.00. The molecule has 20 heavy (non-hydrogen) atoms. The summed E-state index contributed by atoms with van der Waals surface area (Å²) in [6, 6.07) is 9.77. The van der Waals surface area contributed by atoms with Gasteiger partial charge in [0.05, 0.1) is 0 Å². The van der Waals surface area contributed by atoms with Gasteiger partial charge in [-0.2, -0.15) is 0 Å². The van der Waals surface area contributed by atoms with Crippen molar-refractivity contribution in [2.75, 3.05) is 13.1 Å². The summed E-state index contributed by atoms with van der Waals surface area (Å²) in [4.78, 5) is 2.57. The summed E-state index contributed by atoms with van der Waals surface area (Å²) in [5.74, 6) is 0. The van der Waals surface area contributed by atoms with E-state index >= 15 is 0 Å². The third-order valence-electron chi connectivity index (χ3n) is 4.61. The first-order valence-electron chi connectivity index (χ1n) is 8.02. The van der Waals surface area contributed by atoms with Crippen LogP contribution in [0.4, 0.5) is 0 Å². The third kappa shape index (κ3) is 3.62. The van der Waals surface area contributed by atoms with Crippen molar-refractivity contribution in [1.29, 1.82) is 0 Å². The van der Waals surface area contributed by atoms with Crippen molar-refractivity contribution >= 4 is 0 Å². The van der Waals surface area contributed by atoms with Crippen LogP contribution in [0.3, 0.4) is 0 Å². The second-order valence-corrected chi connectivity index (χ2v) is 7.18. The highest BCUT2D eigenvalue weighted by Gasteiger charge is 2.24. The number of benzene rings is 1. The maximum atomic E-state index is 6.41. The van der Waals surface area contributed by atoms with E-state index in [0.29, 0.717) is 0 Å². The zero-order chi connectivity index (χ0) is 14.8. The van der Waals surface area contributed by atoms with Gasteiger partial charge in [0.1, 0.15) is 0 Å². The van der Waals surface area contributed by atoms with Gasteiger partial charge in [-0.25, -0.2) is 0 Å². The first-order chi connectivity index (χ1) is 9.41. The van der Waals surface area contributed by atoms with Crippen molar-refractivity contribution in [1.82, 2.24) is 4.90 Å². The predicted octanol–water partition coefficient (Wildman–Crippen LogP) is 3.86. The molecule has 0 bridgehead atoms. The third-order valence-corrected chi connectivity index (χ3v) is 4.61. The van der Waals surface area contributed by atoms with E-state index in [2.05, 4.69) is 56.9 Å². The minimum absolute atomic E-state index is 0.135. The van der Waals surface area contributed by atoms with Crippen LogP contribution in [0.1, 0.15) is 64.1 Å². The van der Waals surface area contributed by atoms with E-state index in [1.807, 2.05) is 0 Å². The molecule has 1 aliphatic rings. The van der Waals surface area contributed by atoms with Gasteiger partial charge in [-0.15, -0.1) is 0 Å². The van der Waals surface area contributed by atoms with Crippen LogP contribution in [0.25, 0.3) is 0 Å². The lowest BCUT2D eigenvalue weighted by atomic mass is 9.86. The molecule has 2 N–H and O–H groups in total. The molecular weight excluding hydrogens is 244 g/mol. The summed E-state index contributed by atoms with van der Waals surface area (Å²) in [5, 5.41) is 0. The molecule has 2 rings (SSSR count). The first kappa shape index (κ1) is 15.5. The summed E-state index contributed by atoms with van der Waals surface area (Å²) >= 11 is 0. The van der Waals surface area contributed by atoms with Crippen molar-refractivity contribution in [3.63, 3.8) is 0 Å². The van der Waals surface area contributed by atoms with Crippen molar-refractivity contribution in [2.45, 2.75) is 64.5 Å². The molecule has 1 aromatic rings. The van der Waals surface area contributed by atoms with E-state index in [1.165, 1.54) is 36.9 Å². The molecule has 1 saturated heterocycles. The first-order valence-corrected chi connectivity index (χ1v) is 8.02. The molecule has 0 spiro atoms. The van der Waals surface area contributed by atoms with Gasteiger partial charge >= 0.3 is 0 Å². The van der Waals surface area contributed by atoms with Crippen LogP contribution in [0.5, 0.6) is 0 Å². The lowest BCUT2D eigenvalue weighted by molar-refractivity contribution is 0.234. The highest BCUT2D eigenvalue weighted by molar-refractivity contribution is 5.29. The van der Waals surface area contributed by atoms with Gasteiger partial charge in [-0.3, -0.25) is 4.90 Å². The Morgan fingerprint density at radius 3 is 2.45 bits per heavy atom. The molecule has 112 valence electrons. The number of nitrogens with two attached hydrogens (primary N) is 1. The fraction of sp³-hybridized carbons (Fsp3) is 0.667. The normalized spacial score (nSPS) is 22.1. The lowest BCUT2D eigenvalue weighted by Crippen LogP contribution is -2.35. The summed E-state index contributed by atoms with van der Waals surface area (Å²) in [7, 11) is 0. The molecule has 2 nitrogen and oxygen atoms in total. The van der Waals surface area contributed by atoms with Gasteiger partial charge in [0.25, 0.3) is 0 Å². The maximum absolute atomic E-state index is 6.41. The molecule has 2 heteroatoms. The number of nitrogens with zero attached hydrogens (tertiary/aromatic N) is 1. The maximum Gasteiger partial charge on any atom is 0.0424 e. The zero-order valence-corrected chi connectivity index (χ0v) is 13.5. The van der Waals surface area contributed by atoms with Crippen molar-refractivity contribution in [3.05, 3.63) is 35.4 Å². The summed E-state index contributed by atoms with van der Waals surface area (Å²) < 4.78 is 0.